The molecule has 0 bridgehead atoms. The Bertz CT molecular complexity index is 601. The molecule has 24 heavy (non-hydrogen) atoms. The van der Waals surface area contributed by atoms with Crippen molar-refractivity contribution in [1.29, 1.82) is 0 Å². The number of sulfone groups is 1. The van der Waals surface area contributed by atoms with Gasteiger partial charge in [-0.3, -0.25) is 4.90 Å². The van der Waals surface area contributed by atoms with Crippen molar-refractivity contribution in [3.05, 3.63) is 11.9 Å². The number of nitrogens with zero attached hydrogens (tertiary/aromatic N) is 4. The normalized spacial score (nSPS) is 18.8. The highest BCUT2D eigenvalue weighted by Gasteiger charge is 2.22. The zero-order chi connectivity index (χ0) is 17.6. The number of ether oxygens (including phenoxy) is 1. The first-order valence-electron chi connectivity index (χ1n) is 8.38. The van der Waals surface area contributed by atoms with Crippen molar-refractivity contribution in [3.8, 4) is 0 Å². The maximum atomic E-state index is 11.4. The number of nitrogens with one attached hydrogen (secondary N) is 1. The van der Waals surface area contributed by atoms with E-state index in [0.717, 1.165) is 12.2 Å². The van der Waals surface area contributed by atoms with E-state index < -0.39 is 9.84 Å². The molecule has 8 nitrogen and oxygen atoms in total. The van der Waals surface area contributed by atoms with Gasteiger partial charge in [-0.15, -0.1) is 5.10 Å². The fraction of sp³-hybridized carbons (Fsp3) is 0.867. The van der Waals surface area contributed by atoms with Crippen LogP contribution in [0.25, 0.3) is 0 Å². The molecular weight excluding hydrogens is 330 g/mol. The Kier molecular flexibility index (Phi) is 6.73. The summed E-state index contributed by atoms with van der Waals surface area (Å²) in [6.07, 6.45) is 1.90. The second-order valence-corrected chi connectivity index (χ2v) is 9.49. The zero-order valence-electron chi connectivity index (χ0n) is 14.9. The lowest BCUT2D eigenvalue weighted by Crippen LogP contribution is -2.39. The van der Waals surface area contributed by atoms with Crippen LogP contribution in [0.5, 0.6) is 0 Å². The summed E-state index contributed by atoms with van der Waals surface area (Å²) in [5, 5.41) is 11.6. The highest BCUT2D eigenvalue weighted by molar-refractivity contribution is 7.91. The average molecular weight is 362 g/mol. The molecule has 0 saturated carbocycles. The van der Waals surface area contributed by atoms with Gasteiger partial charge in [0.05, 0.1) is 37.0 Å². The van der Waals surface area contributed by atoms with E-state index in [0.29, 0.717) is 39.4 Å². The van der Waals surface area contributed by atoms with E-state index in [4.69, 9.17) is 4.74 Å². The molecule has 0 spiro atoms. The van der Waals surface area contributed by atoms with Gasteiger partial charge < -0.3 is 10.1 Å². The second-order valence-electron chi connectivity index (χ2n) is 7.19. The number of hydrogen-bond donors (Lipinski definition) is 1. The van der Waals surface area contributed by atoms with Crippen LogP contribution in [0.4, 0.5) is 0 Å². The molecule has 9 heteroatoms. The van der Waals surface area contributed by atoms with E-state index >= 15 is 0 Å². The molecule has 1 aromatic rings. The van der Waals surface area contributed by atoms with Gasteiger partial charge in [-0.05, 0) is 20.8 Å². The topological polar surface area (TPSA) is 89.4 Å². The third-order valence-corrected chi connectivity index (χ3v) is 5.38. The van der Waals surface area contributed by atoms with Gasteiger partial charge >= 0.3 is 0 Å². The summed E-state index contributed by atoms with van der Waals surface area (Å²) in [6, 6.07) is 0. The third kappa shape index (κ3) is 7.25. The fourth-order valence-electron chi connectivity index (χ4n) is 2.42. The van der Waals surface area contributed by atoms with Crippen LogP contribution in [-0.2, 0) is 27.7 Å². The van der Waals surface area contributed by atoms with Gasteiger partial charge in [-0.1, -0.05) is 5.21 Å². The van der Waals surface area contributed by atoms with Crippen molar-refractivity contribution in [2.24, 2.45) is 0 Å². The highest BCUT2D eigenvalue weighted by Crippen LogP contribution is 2.07. The van der Waals surface area contributed by atoms with Crippen LogP contribution in [-0.4, -0.2) is 78.2 Å². The minimum absolute atomic E-state index is 0. The molecule has 140 valence electrons. The van der Waals surface area contributed by atoms with Crippen molar-refractivity contribution < 1.29 is 14.6 Å². The molecule has 1 saturated heterocycles. The molecule has 0 aliphatic carbocycles. The van der Waals surface area contributed by atoms with Crippen LogP contribution in [0.1, 0.15) is 27.9 Å². The lowest BCUT2D eigenvalue weighted by Gasteiger charge is -2.25. The second kappa shape index (κ2) is 8.37. The monoisotopic (exact) mass is 361 g/mol. The van der Waals surface area contributed by atoms with Gasteiger partial charge in [0.2, 0.25) is 0 Å². The minimum Gasteiger partial charge on any atom is -0.378 e. The number of hydrogen-bond acceptors (Lipinski definition) is 7. The Morgan fingerprint density at radius 1 is 1.29 bits per heavy atom. The Labute approximate surface area is 145 Å². The smallest absolute Gasteiger partial charge is 0.152 e. The molecule has 0 radical (unpaired) electrons. The standard InChI is InChI=1S/C15H29N5O3S.H2/c1-15(2,3)16-4-8-23-9-5-20-13-14(17-18-20)12-19-6-10-24(21,22)11-7-19;/h13,16H,4-12H2,1-3H3;1H. The summed E-state index contributed by atoms with van der Waals surface area (Å²) in [4.78, 5) is 2.10. The summed E-state index contributed by atoms with van der Waals surface area (Å²) >= 11 is 0. The summed E-state index contributed by atoms with van der Waals surface area (Å²) in [5.41, 5.74) is 0.974. The van der Waals surface area contributed by atoms with E-state index in [-0.39, 0.29) is 18.5 Å². The van der Waals surface area contributed by atoms with E-state index in [2.05, 4.69) is 41.3 Å². The lowest BCUT2D eigenvalue weighted by molar-refractivity contribution is 0.120. The minimum atomic E-state index is -2.84. The Balaban J connectivity index is 0.00000312. The van der Waals surface area contributed by atoms with Crippen LogP contribution < -0.4 is 5.32 Å². The summed E-state index contributed by atoms with van der Waals surface area (Å²) < 4.78 is 30.2. The molecule has 0 aromatic carbocycles. The third-order valence-electron chi connectivity index (χ3n) is 3.78. The molecule has 1 fully saturated rings. The van der Waals surface area contributed by atoms with Gasteiger partial charge in [0.25, 0.3) is 0 Å². The molecule has 2 heterocycles. The van der Waals surface area contributed by atoms with Crippen molar-refractivity contribution in [2.75, 3.05) is 44.4 Å². The maximum Gasteiger partial charge on any atom is 0.152 e. The average Bonchev–Trinajstić information content (AvgIpc) is 2.91. The predicted octanol–water partition coefficient (Wildman–Crippen LogP) is 0.159. The maximum absolute atomic E-state index is 11.4. The van der Waals surface area contributed by atoms with E-state index in [9.17, 15) is 8.42 Å². The predicted molar refractivity (Wildman–Crippen MR) is 94.6 cm³/mol. The Morgan fingerprint density at radius 2 is 2.00 bits per heavy atom. The van der Waals surface area contributed by atoms with Crippen molar-refractivity contribution in [2.45, 2.75) is 39.4 Å². The molecule has 1 aliphatic rings. The molecule has 1 aliphatic heterocycles. The van der Waals surface area contributed by atoms with Gasteiger partial charge in [-0.25, -0.2) is 13.1 Å². The molecule has 1 N–H and O–H groups in total. The summed E-state index contributed by atoms with van der Waals surface area (Å²) in [5.74, 6) is 0.467. The van der Waals surface area contributed by atoms with Crippen molar-refractivity contribution in [3.63, 3.8) is 0 Å². The van der Waals surface area contributed by atoms with Crippen LogP contribution in [0.15, 0.2) is 6.20 Å². The quantitative estimate of drug-likeness (QED) is 0.660. The van der Waals surface area contributed by atoms with Crippen LogP contribution in [0.3, 0.4) is 0 Å². The Morgan fingerprint density at radius 3 is 2.67 bits per heavy atom. The molecule has 1 aromatic heterocycles. The molecule has 0 unspecified atom stereocenters. The van der Waals surface area contributed by atoms with Gasteiger partial charge in [0.15, 0.2) is 9.84 Å². The van der Waals surface area contributed by atoms with Crippen LogP contribution in [0, 0.1) is 0 Å². The Hall–Kier alpha value is -1.03. The van der Waals surface area contributed by atoms with E-state index in [1.165, 1.54) is 0 Å². The van der Waals surface area contributed by atoms with E-state index in [1.54, 1.807) is 4.68 Å². The number of rotatable bonds is 8. The van der Waals surface area contributed by atoms with Gasteiger partial charge in [0.1, 0.15) is 0 Å². The van der Waals surface area contributed by atoms with Gasteiger partial charge in [0, 0.05) is 39.3 Å². The van der Waals surface area contributed by atoms with Gasteiger partial charge in [-0.2, -0.15) is 0 Å². The molecule has 0 amide bonds. The first kappa shape index (κ1) is 19.3. The first-order valence-corrected chi connectivity index (χ1v) is 10.2. The largest absolute Gasteiger partial charge is 0.378 e. The summed E-state index contributed by atoms with van der Waals surface area (Å²) in [7, 11) is -2.84. The van der Waals surface area contributed by atoms with E-state index in [1.807, 2.05) is 6.20 Å². The summed E-state index contributed by atoms with van der Waals surface area (Å²) in [6.45, 7) is 10.9. The van der Waals surface area contributed by atoms with Crippen molar-refractivity contribution in [1.82, 2.24) is 25.2 Å². The molecule has 2 rings (SSSR count). The fourth-order valence-corrected chi connectivity index (χ4v) is 3.69. The van der Waals surface area contributed by atoms with Crippen molar-refractivity contribution >= 4 is 9.84 Å². The highest BCUT2D eigenvalue weighted by atomic mass is 32.2. The van der Waals surface area contributed by atoms with Crippen LogP contribution >= 0.6 is 0 Å². The number of aromatic nitrogens is 3. The lowest BCUT2D eigenvalue weighted by atomic mass is 10.1. The first-order chi connectivity index (χ1) is 11.2. The zero-order valence-corrected chi connectivity index (χ0v) is 15.7. The molecular formula is C15H31N5O3S. The molecule has 0 atom stereocenters. The SMILES string of the molecule is CC(C)(C)NCCOCCn1cc(CN2CCS(=O)(=O)CC2)nn1.[HH]. The van der Waals surface area contributed by atoms with Crippen LogP contribution in [0.2, 0.25) is 0 Å².